The second kappa shape index (κ2) is 6.17. The average molecular weight is 392 g/mol. The minimum atomic E-state index is -0.270. The maximum absolute atomic E-state index is 15.4. The second-order valence-electron chi connectivity index (χ2n) is 8.89. The van der Waals surface area contributed by atoms with Crippen LogP contribution in [-0.2, 0) is 10.2 Å². The van der Waals surface area contributed by atoms with Crippen LogP contribution >= 0.6 is 0 Å². The van der Waals surface area contributed by atoms with Crippen LogP contribution in [0.25, 0.3) is 22.0 Å². The fraction of sp³-hybridized carbons (Fsp3) is 0.375. The van der Waals surface area contributed by atoms with E-state index in [4.69, 9.17) is 9.47 Å². The quantitative estimate of drug-likeness (QED) is 0.643. The standard InChI is InChI=1S/C24H25FN2O2/c1-23(2)22-24(3,7-9-29-22)18-12-16(19(25)13-20(18)27-23)17-11-15(28-4)10-14-6-5-8-26-21(14)17/h5-6,8,10-13,22,27H,7,9H2,1-4H3. The lowest BCUT2D eigenvalue weighted by atomic mass is 9.66. The third-order valence-electron chi connectivity index (χ3n) is 6.52. The van der Waals surface area contributed by atoms with Gasteiger partial charge in [-0.25, -0.2) is 4.39 Å². The summed E-state index contributed by atoms with van der Waals surface area (Å²) in [4.78, 5) is 4.53. The van der Waals surface area contributed by atoms with E-state index in [1.165, 1.54) is 0 Å². The molecule has 1 saturated heterocycles. The highest BCUT2D eigenvalue weighted by molar-refractivity contribution is 5.95. The molecule has 150 valence electrons. The number of hydrogen-bond donors (Lipinski definition) is 1. The van der Waals surface area contributed by atoms with Crippen molar-refractivity contribution in [2.75, 3.05) is 19.0 Å². The molecule has 0 saturated carbocycles. The molecule has 2 atom stereocenters. The van der Waals surface area contributed by atoms with Crippen molar-refractivity contribution in [3.05, 3.63) is 54.0 Å². The van der Waals surface area contributed by atoms with E-state index in [9.17, 15) is 0 Å². The first-order valence-electron chi connectivity index (χ1n) is 10.0. The summed E-state index contributed by atoms with van der Waals surface area (Å²) in [5.74, 6) is 0.415. The lowest BCUT2D eigenvalue weighted by Gasteiger charge is -2.48. The molecule has 1 fully saturated rings. The Balaban J connectivity index is 1.77. The Morgan fingerprint density at radius 1 is 1.17 bits per heavy atom. The van der Waals surface area contributed by atoms with Crippen molar-refractivity contribution in [1.82, 2.24) is 4.98 Å². The van der Waals surface area contributed by atoms with Gasteiger partial charge in [-0.15, -0.1) is 0 Å². The van der Waals surface area contributed by atoms with Crippen LogP contribution in [0.3, 0.4) is 0 Å². The maximum Gasteiger partial charge on any atom is 0.133 e. The molecule has 3 heterocycles. The van der Waals surface area contributed by atoms with Crippen molar-refractivity contribution in [3.8, 4) is 16.9 Å². The number of halogens is 1. The van der Waals surface area contributed by atoms with Crippen LogP contribution in [0, 0.1) is 5.82 Å². The zero-order valence-electron chi connectivity index (χ0n) is 17.2. The molecule has 0 bridgehead atoms. The molecule has 0 amide bonds. The van der Waals surface area contributed by atoms with Crippen molar-refractivity contribution in [2.24, 2.45) is 0 Å². The zero-order chi connectivity index (χ0) is 20.4. The van der Waals surface area contributed by atoms with E-state index in [1.54, 1.807) is 19.4 Å². The summed E-state index contributed by atoms with van der Waals surface area (Å²) in [6, 6.07) is 11.2. The van der Waals surface area contributed by atoms with Crippen molar-refractivity contribution in [2.45, 2.75) is 44.2 Å². The topological polar surface area (TPSA) is 43.4 Å². The molecule has 4 nitrogen and oxygen atoms in total. The summed E-state index contributed by atoms with van der Waals surface area (Å²) in [7, 11) is 1.62. The van der Waals surface area contributed by atoms with Crippen LogP contribution < -0.4 is 10.1 Å². The minimum absolute atomic E-state index is 0.0287. The second-order valence-corrected chi connectivity index (χ2v) is 8.89. The number of aromatic nitrogens is 1. The first-order valence-corrected chi connectivity index (χ1v) is 10.0. The van der Waals surface area contributed by atoms with Crippen LogP contribution in [0.5, 0.6) is 5.75 Å². The third kappa shape index (κ3) is 2.64. The molecule has 1 aromatic heterocycles. The van der Waals surface area contributed by atoms with Crippen LogP contribution in [0.4, 0.5) is 10.1 Å². The van der Waals surface area contributed by atoms with Crippen molar-refractivity contribution >= 4 is 16.6 Å². The van der Waals surface area contributed by atoms with Gasteiger partial charge in [0, 0.05) is 40.4 Å². The van der Waals surface area contributed by atoms with Crippen LogP contribution in [0.2, 0.25) is 0 Å². The third-order valence-corrected chi connectivity index (χ3v) is 6.52. The van der Waals surface area contributed by atoms with Crippen LogP contribution in [0.1, 0.15) is 32.8 Å². The highest BCUT2D eigenvalue weighted by Crippen LogP contribution is 2.51. The minimum Gasteiger partial charge on any atom is -0.497 e. The van der Waals surface area contributed by atoms with Gasteiger partial charge in [0.2, 0.25) is 0 Å². The monoisotopic (exact) mass is 392 g/mol. The maximum atomic E-state index is 15.4. The molecule has 2 unspecified atom stereocenters. The highest BCUT2D eigenvalue weighted by Gasteiger charge is 2.53. The van der Waals surface area contributed by atoms with Gasteiger partial charge < -0.3 is 14.8 Å². The van der Waals surface area contributed by atoms with Crippen molar-refractivity contribution in [3.63, 3.8) is 0 Å². The fourth-order valence-corrected chi connectivity index (χ4v) is 5.24. The molecule has 5 rings (SSSR count). The van der Waals surface area contributed by atoms with Crippen LogP contribution in [0.15, 0.2) is 42.6 Å². The molecular formula is C24H25FN2O2. The normalized spacial score (nSPS) is 24.7. The summed E-state index contributed by atoms with van der Waals surface area (Å²) < 4.78 is 27.0. The molecule has 2 aliphatic heterocycles. The molecule has 29 heavy (non-hydrogen) atoms. The molecule has 1 N–H and O–H groups in total. The van der Waals surface area contributed by atoms with Crippen LogP contribution in [-0.4, -0.2) is 30.3 Å². The lowest BCUT2D eigenvalue weighted by Crippen LogP contribution is -2.56. The fourth-order valence-electron chi connectivity index (χ4n) is 5.24. The largest absolute Gasteiger partial charge is 0.497 e. The average Bonchev–Trinajstić information content (AvgIpc) is 3.10. The number of hydrogen-bond acceptors (Lipinski definition) is 4. The van der Waals surface area contributed by atoms with E-state index in [0.29, 0.717) is 17.9 Å². The Morgan fingerprint density at radius 3 is 2.79 bits per heavy atom. The molecular weight excluding hydrogens is 367 g/mol. The summed E-state index contributed by atoms with van der Waals surface area (Å²) in [5, 5.41) is 4.43. The van der Waals surface area contributed by atoms with Gasteiger partial charge in [0.1, 0.15) is 11.6 Å². The predicted molar refractivity (Wildman–Crippen MR) is 113 cm³/mol. The summed E-state index contributed by atoms with van der Waals surface area (Å²) in [6.07, 6.45) is 2.68. The molecule has 5 heteroatoms. The lowest BCUT2D eigenvalue weighted by molar-refractivity contribution is 0.0352. The van der Waals surface area contributed by atoms with Gasteiger partial charge in [-0.05, 0) is 56.2 Å². The number of fused-ring (bicyclic) bond motifs is 4. The summed E-state index contributed by atoms with van der Waals surface area (Å²) in [5.41, 5.74) is 3.55. The van der Waals surface area contributed by atoms with E-state index < -0.39 is 0 Å². The molecule has 0 spiro atoms. The Bertz CT molecular complexity index is 1130. The predicted octanol–water partition coefficient (Wildman–Crippen LogP) is 5.30. The summed E-state index contributed by atoms with van der Waals surface area (Å²) >= 11 is 0. The van der Waals surface area contributed by atoms with E-state index in [2.05, 4.69) is 31.1 Å². The summed E-state index contributed by atoms with van der Waals surface area (Å²) in [6.45, 7) is 7.18. The van der Waals surface area contributed by atoms with Gasteiger partial charge >= 0.3 is 0 Å². The van der Waals surface area contributed by atoms with Gasteiger partial charge in [-0.2, -0.15) is 0 Å². The van der Waals surface area contributed by atoms with E-state index in [-0.39, 0.29) is 22.9 Å². The Morgan fingerprint density at radius 2 is 2.00 bits per heavy atom. The molecule has 3 aromatic rings. The zero-order valence-corrected chi connectivity index (χ0v) is 17.2. The number of benzene rings is 2. The van der Waals surface area contributed by atoms with E-state index in [0.717, 1.165) is 34.1 Å². The molecule has 0 aliphatic carbocycles. The number of rotatable bonds is 2. The van der Waals surface area contributed by atoms with Crippen molar-refractivity contribution in [1.29, 1.82) is 0 Å². The number of pyridine rings is 1. The molecule has 0 radical (unpaired) electrons. The smallest absolute Gasteiger partial charge is 0.133 e. The Hall–Kier alpha value is -2.66. The van der Waals surface area contributed by atoms with Gasteiger partial charge in [-0.1, -0.05) is 13.0 Å². The van der Waals surface area contributed by atoms with E-state index in [1.807, 2.05) is 30.3 Å². The molecule has 2 aliphatic rings. The Labute approximate surface area is 170 Å². The van der Waals surface area contributed by atoms with Gasteiger partial charge in [0.15, 0.2) is 0 Å². The number of ether oxygens (including phenoxy) is 2. The number of methoxy groups -OCH3 is 1. The Kier molecular flexibility index (Phi) is 3.91. The highest BCUT2D eigenvalue weighted by atomic mass is 19.1. The molecule has 2 aromatic carbocycles. The van der Waals surface area contributed by atoms with Crippen molar-refractivity contribution < 1.29 is 13.9 Å². The van der Waals surface area contributed by atoms with Gasteiger partial charge in [0.05, 0.1) is 24.3 Å². The van der Waals surface area contributed by atoms with Gasteiger partial charge in [-0.3, -0.25) is 4.98 Å². The number of nitrogens with one attached hydrogen (secondary N) is 1. The SMILES string of the molecule is COc1cc(-c2cc3c(cc2F)NC(C)(C)C2OCCC32C)c2ncccc2c1. The number of anilines is 1. The first-order chi connectivity index (χ1) is 13.8. The van der Waals surface area contributed by atoms with E-state index >= 15 is 4.39 Å². The first kappa shape index (κ1) is 18.4. The number of nitrogens with zero attached hydrogens (tertiary/aromatic N) is 1. The van der Waals surface area contributed by atoms with Gasteiger partial charge in [0.25, 0.3) is 0 Å².